The van der Waals surface area contributed by atoms with Crippen LogP contribution in [0, 0.1) is 11.3 Å². The van der Waals surface area contributed by atoms with Crippen molar-refractivity contribution in [3.63, 3.8) is 0 Å². The van der Waals surface area contributed by atoms with E-state index >= 15 is 0 Å². The molecule has 3 rings (SSSR count). The standard InChI is InChI=1S/C23H29NO/c1-23(2)14-4-5-18(16-23)9-8-17-10-12-19(13-11-17)20-6-3-7-21(15-20)22(24)25/h3,6-7,10-13,15,18H,4-5,8-9,14,16H2,1-2H3,(H2,24,25). The van der Waals surface area contributed by atoms with Gasteiger partial charge in [-0.25, -0.2) is 0 Å². The van der Waals surface area contributed by atoms with Gasteiger partial charge in [-0.2, -0.15) is 0 Å². The largest absolute Gasteiger partial charge is 0.366 e. The van der Waals surface area contributed by atoms with Crippen molar-refractivity contribution in [1.29, 1.82) is 0 Å². The molecule has 1 unspecified atom stereocenters. The zero-order chi connectivity index (χ0) is 17.9. The van der Waals surface area contributed by atoms with Gasteiger partial charge in [0, 0.05) is 5.56 Å². The maximum absolute atomic E-state index is 11.3. The summed E-state index contributed by atoms with van der Waals surface area (Å²) in [6.45, 7) is 4.82. The lowest BCUT2D eigenvalue weighted by atomic mass is 9.71. The van der Waals surface area contributed by atoms with Crippen LogP contribution in [0.3, 0.4) is 0 Å². The molecular formula is C23H29NO. The molecule has 0 saturated heterocycles. The third-order valence-electron chi connectivity index (χ3n) is 5.58. The topological polar surface area (TPSA) is 43.1 Å². The van der Waals surface area contributed by atoms with E-state index in [1.807, 2.05) is 18.2 Å². The number of hydrogen-bond donors (Lipinski definition) is 1. The highest BCUT2D eigenvalue weighted by atomic mass is 16.1. The van der Waals surface area contributed by atoms with Crippen LogP contribution in [0.2, 0.25) is 0 Å². The van der Waals surface area contributed by atoms with E-state index in [2.05, 4.69) is 38.1 Å². The summed E-state index contributed by atoms with van der Waals surface area (Å²) >= 11 is 0. The number of amides is 1. The van der Waals surface area contributed by atoms with E-state index in [1.165, 1.54) is 37.7 Å². The van der Waals surface area contributed by atoms with Gasteiger partial charge in [0.25, 0.3) is 0 Å². The number of carbonyl (C=O) groups is 1. The van der Waals surface area contributed by atoms with Gasteiger partial charge in [-0.3, -0.25) is 4.79 Å². The van der Waals surface area contributed by atoms with Crippen LogP contribution >= 0.6 is 0 Å². The number of nitrogens with two attached hydrogens (primary N) is 1. The van der Waals surface area contributed by atoms with Gasteiger partial charge in [0.05, 0.1) is 0 Å². The molecule has 2 N–H and O–H groups in total. The van der Waals surface area contributed by atoms with Crippen molar-refractivity contribution < 1.29 is 4.79 Å². The molecule has 1 amide bonds. The molecule has 1 fully saturated rings. The predicted molar refractivity (Wildman–Crippen MR) is 104 cm³/mol. The van der Waals surface area contributed by atoms with Gasteiger partial charge in [0.15, 0.2) is 0 Å². The summed E-state index contributed by atoms with van der Waals surface area (Å²) in [4.78, 5) is 11.3. The molecule has 0 radical (unpaired) electrons. The highest BCUT2D eigenvalue weighted by Gasteiger charge is 2.27. The van der Waals surface area contributed by atoms with Crippen LogP contribution in [0.15, 0.2) is 48.5 Å². The number of primary amides is 1. The van der Waals surface area contributed by atoms with Gasteiger partial charge in [0.1, 0.15) is 0 Å². The second kappa shape index (κ2) is 7.43. The minimum absolute atomic E-state index is 0.381. The van der Waals surface area contributed by atoms with Crippen molar-refractivity contribution in [2.45, 2.75) is 52.4 Å². The summed E-state index contributed by atoms with van der Waals surface area (Å²) in [7, 11) is 0. The maximum atomic E-state index is 11.3. The zero-order valence-electron chi connectivity index (χ0n) is 15.4. The summed E-state index contributed by atoms with van der Waals surface area (Å²) in [5.74, 6) is 0.490. The molecule has 0 aliphatic heterocycles. The van der Waals surface area contributed by atoms with E-state index in [0.29, 0.717) is 11.0 Å². The first-order chi connectivity index (χ1) is 11.9. The minimum Gasteiger partial charge on any atom is -0.366 e. The van der Waals surface area contributed by atoms with Gasteiger partial charge in [-0.1, -0.05) is 63.1 Å². The Hall–Kier alpha value is -2.09. The molecule has 2 nitrogen and oxygen atoms in total. The number of aryl methyl sites for hydroxylation is 1. The smallest absolute Gasteiger partial charge is 0.248 e. The molecule has 0 aromatic heterocycles. The average Bonchev–Trinajstić information content (AvgIpc) is 2.60. The molecule has 2 heteroatoms. The van der Waals surface area contributed by atoms with E-state index in [9.17, 15) is 4.79 Å². The van der Waals surface area contributed by atoms with Crippen LogP contribution in [0.25, 0.3) is 11.1 Å². The Morgan fingerprint density at radius 1 is 1.12 bits per heavy atom. The highest BCUT2D eigenvalue weighted by Crippen LogP contribution is 2.40. The fourth-order valence-corrected chi connectivity index (χ4v) is 4.19. The molecule has 1 atom stereocenters. The van der Waals surface area contributed by atoms with E-state index in [1.54, 1.807) is 6.07 Å². The van der Waals surface area contributed by atoms with Crippen molar-refractivity contribution >= 4 is 5.91 Å². The highest BCUT2D eigenvalue weighted by molar-refractivity contribution is 5.94. The molecule has 0 spiro atoms. The van der Waals surface area contributed by atoms with Crippen LogP contribution in [0.1, 0.15) is 61.9 Å². The first kappa shape index (κ1) is 17.7. The summed E-state index contributed by atoms with van der Waals surface area (Å²) in [6.07, 6.45) is 7.96. The van der Waals surface area contributed by atoms with Gasteiger partial charge in [-0.05, 0) is 65.8 Å². The Kier molecular flexibility index (Phi) is 5.27. The predicted octanol–water partition coefficient (Wildman–Crippen LogP) is 5.60. The van der Waals surface area contributed by atoms with Gasteiger partial charge in [-0.15, -0.1) is 0 Å². The quantitative estimate of drug-likeness (QED) is 0.759. The van der Waals surface area contributed by atoms with E-state index < -0.39 is 0 Å². The van der Waals surface area contributed by atoms with Crippen molar-refractivity contribution in [2.75, 3.05) is 0 Å². The molecule has 132 valence electrons. The molecular weight excluding hydrogens is 306 g/mol. The van der Waals surface area contributed by atoms with E-state index in [0.717, 1.165) is 23.5 Å². The second-order valence-corrected chi connectivity index (χ2v) is 8.31. The molecule has 1 saturated carbocycles. The fourth-order valence-electron chi connectivity index (χ4n) is 4.19. The zero-order valence-corrected chi connectivity index (χ0v) is 15.4. The maximum Gasteiger partial charge on any atom is 0.248 e. The molecule has 2 aromatic rings. The average molecular weight is 335 g/mol. The Bertz CT molecular complexity index is 730. The van der Waals surface area contributed by atoms with Crippen molar-refractivity contribution in [3.05, 3.63) is 59.7 Å². The van der Waals surface area contributed by atoms with E-state index in [-0.39, 0.29) is 5.91 Å². The third kappa shape index (κ3) is 4.72. The number of hydrogen-bond acceptors (Lipinski definition) is 1. The van der Waals surface area contributed by atoms with Crippen LogP contribution in [0.5, 0.6) is 0 Å². The third-order valence-corrected chi connectivity index (χ3v) is 5.58. The van der Waals surface area contributed by atoms with Crippen LogP contribution < -0.4 is 5.73 Å². The summed E-state index contributed by atoms with van der Waals surface area (Å²) < 4.78 is 0. The van der Waals surface area contributed by atoms with E-state index in [4.69, 9.17) is 5.73 Å². The molecule has 0 bridgehead atoms. The molecule has 0 heterocycles. The molecule has 1 aliphatic carbocycles. The second-order valence-electron chi connectivity index (χ2n) is 8.31. The Morgan fingerprint density at radius 3 is 2.56 bits per heavy atom. The van der Waals surface area contributed by atoms with Gasteiger partial charge >= 0.3 is 0 Å². The van der Waals surface area contributed by atoms with Crippen LogP contribution in [0.4, 0.5) is 0 Å². The fraction of sp³-hybridized carbons (Fsp3) is 0.435. The Morgan fingerprint density at radius 2 is 1.88 bits per heavy atom. The summed E-state index contributed by atoms with van der Waals surface area (Å²) in [5, 5.41) is 0. The van der Waals surface area contributed by atoms with Crippen molar-refractivity contribution in [2.24, 2.45) is 17.1 Å². The van der Waals surface area contributed by atoms with Gasteiger partial charge < -0.3 is 5.73 Å². The number of rotatable bonds is 5. The number of benzene rings is 2. The van der Waals surface area contributed by atoms with Gasteiger partial charge in [0.2, 0.25) is 5.91 Å². The Labute approximate surface area is 151 Å². The lowest BCUT2D eigenvalue weighted by molar-refractivity contribution is 0.100. The number of carbonyl (C=O) groups excluding carboxylic acids is 1. The first-order valence-corrected chi connectivity index (χ1v) is 9.42. The summed E-state index contributed by atoms with van der Waals surface area (Å²) in [5.41, 5.74) is 10.0. The first-order valence-electron chi connectivity index (χ1n) is 9.42. The van der Waals surface area contributed by atoms with Crippen LogP contribution in [-0.4, -0.2) is 5.91 Å². The van der Waals surface area contributed by atoms with Crippen LogP contribution in [-0.2, 0) is 6.42 Å². The monoisotopic (exact) mass is 335 g/mol. The Balaban J connectivity index is 1.62. The normalized spacial score (nSPS) is 19.5. The van der Waals surface area contributed by atoms with Crippen molar-refractivity contribution in [3.8, 4) is 11.1 Å². The molecule has 2 aromatic carbocycles. The SMILES string of the molecule is CC1(C)CCCC(CCc2ccc(-c3cccc(C(N)=O)c3)cc2)C1. The summed E-state index contributed by atoms with van der Waals surface area (Å²) in [6, 6.07) is 16.3. The molecule has 25 heavy (non-hydrogen) atoms. The van der Waals surface area contributed by atoms with Crippen molar-refractivity contribution in [1.82, 2.24) is 0 Å². The molecule has 1 aliphatic rings. The minimum atomic E-state index is -0.381. The lowest BCUT2D eigenvalue weighted by Gasteiger charge is -2.35. The lowest BCUT2D eigenvalue weighted by Crippen LogP contribution is -2.22.